The third-order valence-electron chi connectivity index (χ3n) is 3.79. The second-order valence-corrected chi connectivity index (χ2v) is 5.59. The Morgan fingerprint density at radius 2 is 2.32 bits per heavy atom. The van der Waals surface area contributed by atoms with Gasteiger partial charge in [-0.05, 0) is 31.5 Å². The van der Waals surface area contributed by atoms with E-state index in [1.54, 1.807) is 25.2 Å². The van der Waals surface area contributed by atoms with Crippen molar-refractivity contribution in [1.29, 1.82) is 0 Å². The summed E-state index contributed by atoms with van der Waals surface area (Å²) in [5.41, 5.74) is 0.680. The number of aromatic nitrogens is 3. The van der Waals surface area contributed by atoms with Crippen molar-refractivity contribution in [1.82, 2.24) is 24.9 Å². The van der Waals surface area contributed by atoms with Crippen molar-refractivity contribution in [3.05, 3.63) is 30.3 Å². The molecule has 3 heterocycles. The first-order chi connectivity index (χ1) is 10.6. The van der Waals surface area contributed by atoms with Crippen molar-refractivity contribution in [2.75, 3.05) is 20.6 Å². The molecule has 0 saturated carbocycles. The molecular formula is C15H19N5O2. The molecule has 0 bridgehead atoms. The van der Waals surface area contributed by atoms with Gasteiger partial charge in [0.05, 0.1) is 12.6 Å². The van der Waals surface area contributed by atoms with Gasteiger partial charge in [0.25, 0.3) is 0 Å². The predicted molar refractivity (Wildman–Crippen MR) is 79.7 cm³/mol. The maximum Gasteiger partial charge on any atom is 0.241 e. The van der Waals surface area contributed by atoms with E-state index in [0.717, 1.165) is 19.4 Å². The molecule has 1 atom stereocenters. The highest BCUT2D eigenvalue weighted by atomic mass is 16.5. The molecule has 2 aromatic heterocycles. The lowest BCUT2D eigenvalue weighted by Crippen LogP contribution is -2.42. The van der Waals surface area contributed by atoms with Gasteiger partial charge in [-0.2, -0.15) is 4.98 Å². The molecule has 7 nitrogen and oxygen atoms in total. The number of hydrogen-bond acceptors (Lipinski definition) is 6. The summed E-state index contributed by atoms with van der Waals surface area (Å²) in [6, 6.07) is 5.46. The first-order valence-corrected chi connectivity index (χ1v) is 7.34. The lowest BCUT2D eigenvalue weighted by molar-refractivity contribution is -0.133. The molecule has 0 spiro atoms. The van der Waals surface area contributed by atoms with E-state index in [2.05, 4.69) is 20.0 Å². The third kappa shape index (κ3) is 2.99. The van der Waals surface area contributed by atoms with Crippen LogP contribution in [-0.2, 0) is 11.3 Å². The van der Waals surface area contributed by atoms with Gasteiger partial charge in [0, 0.05) is 20.3 Å². The Morgan fingerprint density at radius 1 is 1.45 bits per heavy atom. The van der Waals surface area contributed by atoms with Crippen LogP contribution in [0.25, 0.3) is 11.5 Å². The largest absolute Gasteiger partial charge is 0.347 e. The molecule has 7 heteroatoms. The fraction of sp³-hybridized carbons (Fsp3) is 0.467. The molecule has 116 valence electrons. The first kappa shape index (κ1) is 14.6. The topological polar surface area (TPSA) is 75.4 Å². The van der Waals surface area contributed by atoms with Gasteiger partial charge in [0.1, 0.15) is 5.69 Å². The minimum Gasteiger partial charge on any atom is -0.347 e. The Hall–Kier alpha value is -2.28. The zero-order chi connectivity index (χ0) is 15.5. The molecular weight excluding hydrogens is 282 g/mol. The van der Waals surface area contributed by atoms with Crippen LogP contribution in [0.5, 0.6) is 0 Å². The quantitative estimate of drug-likeness (QED) is 0.844. The number of carbonyl (C=O) groups excluding carboxylic acids is 1. The lowest BCUT2D eigenvalue weighted by Gasteiger charge is -2.24. The molecule has 3 rings (SSSR count). The highest BCUT2D eigenvalue weighted by Crippen LogP contribution is 2.21. The van der Waals surface area contributed by atoms with Crippen molar-refractivity contribution in [2.45, 2.75) is 25.4 Å². The van der Waals surface area contributed by atoms with Crippen molar-refractivity contribution in [3.63, 3.8) is 0 Å². The van der Waals surface area contributed by atoms with Gasteiger partial charge in [-0.3, -0.25) is 14.7 Å². The summed E-state index contributed by atoms with van der Waals surface area (Å²) in [6.07, 6.45) is 3.57. The maximum atomic E-state index is 12.2. The Kier molecular flexibility index (Phi) is 4.15. The van der Waals surface area contributed by atoms with E-state index in [4.69, 9.17) is 4.52 Å². The molecule has 1 aliphatic heterocycles. The second-order valence-electron chi connectivity index (χ2n) is 5.59. The average molecular weight is 301 g/mol. The average Bonchev–Trinajstić information content (AvgIpc) is 3.17. The smallest absolute Gasteiger partial charge is 0.241 e. The molecule has 1 saturated heterocycles. The summed E-state index contributed by atoms with van der Waals surface area (Å²) >= 11 is 0. The number of nitrogens with zero attached hydrogens (tertiary/aromatic N) is 5. The van der Waals surface area contributed by atoms with Crippen LogP contribution >= 0.6 is 0 Å². The van der Waals surface area contributed by atoms with Crippen molar-refractivity contribution >= 4 is 5.91 Å². The van der Waals surface area contributed by atoms with Crippen molar-refractivity contribution in [2.24, 2.45) is 0 Å². The van der Waals surface area contributed by atoms with Crippen LogP contribution in [0.4, 0.5) is 0 Å². The number of carbonyl (C=O) groups is 1. The number of pyridine rings is 1. The van der Waals surface area contributed by atoms with Gasteiger partial charge >= 0.3 is 0 Å². The van der Waals surface area contributed by atoms with Gasteiger partial charge in [-0.25, -0.2) is 0 Å². The van der Waals surface area contributed by atoms with Crippen LogP contribution in [-0.4, -0.2) is 57.5 Å². The van der Waals surface area contributed by atoms with E-state index in [1.165, 1.54) is 0 Å². The van der Waals surface area contributed by atoms with Crippen LogP contribution < -0.4 is 0 Å². The summed E-state index contributed by atoms with van der Waals surface area (Å²) in [4.78, 5) is 24.5. The van der Waals surface area contributed by atoms with Gasteiger partial charge in [-0.1, -0.05) is 11.2 Å². The lowest BCUT2D eigenvalue weighted by atomic mass is 10.2. The highest BCUT2D eigenvalue weighted by molar-refractivity contribution is 5.81. The third-order valence-corrected chi connectivity index (χ3v) is 3.79. The Labute approximate surface area is 128 Å². The summed E-state index contributed by atoms with van der Waals surface area (Å²) < 4.78 is 5.30. The molecule has 0 radical (unpaired) electrons. The van der Waals surface area contributed by atoms with E-state index >= 15 is 0 Å². The zero-order valence-electron chi connectivity index (χ0n) is 12.8. The van der Waals surface area contributed by atoms with Crippen LogP contribution in [0.3, 0.4) is 0 Å². The number of rotatable bonds is 4. The van der Waals surface area contributed by atoms with Gasteiger partial charge < -0.3 is 9.42 Å². The molecule has 1 unspecified atom stereocenters. The van der Waals surface area contributed by atoms with Gasteiger partial charge in [-0.15, -0.1) is 0 Å². The predicted octanol–water partition coefficient (Wildman–Crippen LogP) is 1.18. The van der Waals surface area contributed by atoms with E-state index in [0.29, 0.717) is 24.0 Å². The SMILES string of the molecule is CN(C)C(=O)C1CCCN1Cc1nc(-c2ccccn2)no1. The van der Waals surface area contributed by atoms with Gasteiger partial charge in [0.15, 0.2) is 0 Å². The van der Waals surface area contributed by atoms with Crippen molar-refractivity contribution in [3.8, 4) is 11.5 Å². The monoisotopic (exact) mass is 301 g/mol. The number of likely N-dealkylation sites (tertiary alicyclic amines) is 1. The molecule has 0 aliphatic carbocycles. The molecule has 0 aromatic carbocycles. The van der Waals surface area contributed by atoms with Crippen LogP contribution in [0.1, 0.15) is 18.7 Å². The van der Waals surface area contributed by atoms with Crippen LogP contribution in [0.15, 0.2) is 28.9 Å². The standard InChI is InChI=1S/C15H19N5O2/c1-19(2)15(21)12-7-5-9-20(12)10-13-17-14(18-22-13)11-6-3-4-8-16-11/h3-4,6,8,12H,5,7,9-10H2,1-2H3. The Balaban J connectivity index is 1.71. The van der Waals surface area contributed by atoms with E-state index < -0.39 is 0 Å². The summed E-state index contributed by atoms with van der Waals surface area (Å²) in [5.74, 6) is 1.12. The molecule has 1 amide bonds. The Morgan fingerprint density at radius 3 is 3.05 bits per heavy atom. The molecule has 1 fully saturated rings. The summed E-state index contributed by atoms with van der Waals surface area (Å²) in [6.45, 7) is 1.36. The second kappa shape index (κ2) is 6.23. The van der Waals surface area contributed by atoms with Crippen LogP contribution in [0.2, 0.25) is 0 Å². The normalized spacial score (nSPS) is 18.5. The van der Waals surface area contributed by atoms with Crippen molar-refractivity contribution < 1.29 is 9.32 Å². The number of likely N-dealkylation sites (N-methyl/N-ethyl adjacent to an activating group) is 1. The summed E-state index contributed by atoms with van der Waals surface area (Å²) in [7, 11) is 3.56. The van der Waals surface area contributed by atoms with E-state index in [9.17, 15) is 4.79 Å². The molecule has 1 aliphatic rings. The molecule has 2 aromatic rings. The minimum absolute atomic E-state index is 0.0970. The van der Waals surface area contributed by atoms with Crippen LogP contribution in [0, 0.1) is 0 Å². The van der Waals surface area contributed by atoms with Gasteiger partial charge in [0.2, 0.25) is 17.6 Å². The summed E-state index contributed by atoms with van der Waals surface area (Å²) in [5, 5.41) is 3.96. The van der Waals surface area contributed by atoms with E-state index in [-0.39, 0.29) is 11.9 Å². The highest BCUT2D eigenvalue weighted by Gasteiger charge is 2.32. The minimum atomic E-state index is -0.0970. The zero-order valence-corrected chi connectivity index (χ0v) is 12.8. The number of hydrogen-bond donors (Lipinski definition) is 0. The Bertz CT molecular complexity index is 640. The van der Waals surface area contributed by atoms with E-state index in [1.807, 2.05) is 18.2 Å². The number of amides is 1. The fourth-order valence-electron chi connectivity index (χ4n) is 2.68. The fourth-order valence-corrected chi connectivity index (χ4v) is 2.68. The maximum absolute atomic E-state index is 12.2. The molecule has 22 heavy (non-hydrogen) atoms. The first-order valence-electron chi connectivity index (χ1n) is 7.34. The molecule has 0 N–H and O–H groups in total.